The molecule has 0 bridgehead atoms. The summed E-state index contributed by atoms with van der Waals surface area (Å²) in [4.78, 5) is 15.4. The predicted molar refractivity (Wildman–Crippen MR) is 126 cm³/mol. The number of carbonyl (C=O) groups is 1. The molecule has 190 valence electrons. The van der Waals surface area contributed by atoms with Crippen molar-refractivity contribution < 1.29 is 32.5 Å². The van der Waals surface area contributed by atoms with Crippen molar-refractivity contribution in [3.63, 3.8) is 0 Å². The van der Waals surface area contributed by atoms with Gasteiger partial charge in [0, 0.05) is 24.4 Å². The van der Waals surface area contributed by atoms with Gasteiger partial charge in [0.25, 0.3) is 5.91 Å². The lowest BCUT2D eigenvalue weighted by Gasteiger charge is -2.31. The number of carbonyl (C=O) groups excluding carboxylic acids is 1. The van der Waals surface area contributed by atoms with Crippen LogP contribution in [0.4, 0.5) is 24.5 Å². The molecular formula is C25H30F3N3O4. The molecule has 2 heterocycles. The van der Waals surface area contributed by atoms with E-state index in [1.807, 2.05) is 13.0 Å². The van der Waals surface area contributed by atoms with E-state index in [0.717, 1.165) is 43.1 Å². The molecule has 3 N–H and O–H groups in total. The van der Waals surface area contributed by atoms with Crippen LogP contribution in [0.3, 0.4) is 0 Å². The number of fused-ring (bicyclic) bond motifs is 1. The van der Waals surface area contributed by atoms with Crippen LogP contribution in [0.2, 0.25) is 0 Å². The number of alkyl halides is 3. The third-order valence-electron chi connectivity index (χ3n) is 6.44. The minimum absolute atomic E-state index is 0.0622. The highest BCUT2D eigenvalue weighted by atomic mass is 19.4. The Labute approximate surface area is 202 Å². The fourth-order valence-corrected chi connectivity index (χ4v) is 4.38. The Morgan fingerprint density at radius 1 is 1.23 bits per heavy atom. The molecule has 1 fully saturated rings. The van der Waals surface area contributed by atoms with Gasteiger partial charge in [-0.2, -0.15) is 0 Å². The van der Waals surface area contributed by atoms with Crippen molar-refractivity contribution in [1.29, 1.82) is 0 Å². The summed E-state index contributed by atoms with van der Waals surface area (Å²) in [5, 5.41) is 16.2. The molecule has 0 spiro atoms. The summed E-state index contributed by atoms with van der Waals surface area (Å²) in [7, 11) is 0. The topological polar surface area (TPSA) is 83.1 Å². The van der Waals surface area contributed by atoms with Crippen LogP contribution in [0.1, 0.15) is 37.8 Å². The highest BCUT2D eigenvalue weighted by Gasteiger charge is 2.32. The Hall–Kier alpha value is -3.14. The maximum absolute atomic E-state index is 13.0. The van der Waals surface area contributed by atoms with Crippen molar-refractivity contribution in [3.05, 3.63) is 41.5 Å². The van der Waals surface area contributed by atoms with Gasteiger partial charge >= 0.3 is 6.36 Å². The molecule has 1 atom stereocenters. The second-order valence-electron chi connectivity index (χ2n) is 9.13. The molecule has 10 heteroatoms. The van der Waals surface area contributed by atoms with Crippen LogP contribution >= 0.6 is 0 Å². The first-order valence-corrected chi connectivity index (χ1v) is 11.8. The number of hydrogen-bond acceptors (Lipinski definition) is 6. The number of aromatic hydroxyl groups is 1. The average Bonchev–Trinajstić information content (AvgIpc) is 2.80. The predicted octanol–water partition coefficient (Wildman–Crippen LogP) is 4.90. The Morgan fingerprint density at radius 3 is 2.66 bits per heavy atom. The van der Waals surface area contributed by atoms with Crippen LogP contribution in [-0.2, 0) is 17.8 Å². The summed E-state index contributed by atoms with van der Waals surface area (Å²) in [6, 6.07) is 7.14. The number of aryl methyl sites for hydroxylation is 1. The maximum atomic E-state index is 13.0. The number of nitrogens with zero attached hydrogens (tertiary/aromatic N) is 1. The van der Waals surface area contributed by atoms with Crippen LogP contribution in [0, 0.1) is 5.92 Å². The number of piperidine rings is 1. The van der Waals surface area contributed by atoms with E-state index in [-0.39, 0.29) is 23.8 Å². The van der Waals surface area contributed by atoms with Crippen molar-refractivity contribution in [2.24, 2.45) is 5.92 Å². The largest absolute Gasteiger partial charge is 0.573 e. The fraction of sp³-hybridized carbons (Fsp3) is 0.480. The molecule has 2 aromatic carbocycles. The zero-order valence-electron chi connectivity index (χ0n) is 19.7. The fourth-order valence-electron chi connectivity index (χ4n) is 4.38. The van der Waals surface area contributed by atoms with Crippen molar-refractivity contribution in [1.82, 2.24) is 4.90 Å². The summed E-state index contributed by atoms with van der Waals surface area (Å²) in [6.07, 6.45) is -2.80. The number of phenols is 1. The quantitative estimate of drug-likeness (QED) is 0.531. The number of anilines is 2. The molecule has 2 aliphatic heterocycles. The van der Waals surface area contributed by atoms with Gasteiger partial charge in [-0.15, -0.1) is 13.2 Å². The molecule has 7 nitrogen and oxygen atoms in total. The van der Waals surface area contributed by atoms with Gasteiger partial charge in [0.2, 0.25) is 0 Å². The van der Waals surface area contributed by atoms with E-state index < -0.39 is 18.4 Å². The lowest BCUT2D eigenvalue weighted by molar-refractivity contribution is -0.274. The third kappa shape index (κ3) is 6.30. The average molecular weight is 494 g/mol. The molecule has 1 amide bonds. The number of benzene rings is 2. The minimum atomic E-state index is -4.80. The second-order valence-corrected chi connectivity index (χ2v) is 9.13. The summed E-state index contributed by atoms with van der Waals surface area (Å²) in [5.41, 5.74) is 2.55. The van der Waals surface area contributed by atoms with E-state index >= 15 is 0 Å². The van der Waals surface area contributed by atoms with Gasteiger partial charge in [-0.3, -0.25) is 9.69 Å². The number of nitrogens with one attached hydrogen (secondary N) is 2. The van der Waals surface area contributed by atoms with Gasteiger partial charge in [0.15, 0.2) is 6.10 Å². The first-order valence-electron chi connectivity index (χ1n) is 11.8. The van der Waals surface area contributed by atoms with Crippen molar-refractivity contribution in [2.45, 2.75) is 52.1 Å². The van der Waals surface area contributed by atoms with Crippen molar-refractivity contribution in [2.75, 3.05) is 30.3 Å². The monoisotopic (exact) mass is 493 g/mol. The van der Waals surface area contributed by atoms with E-state index in [0.29, 0.717) is 30.3 Å². The van der Waals surface area contributed by atoms with Crippen LogP contribution in [0.25, 0.3) is 0 Å². The van der Waals surface area contributed by atoms with Crippen LogP contribution in [0.15, 0.2) is 30.3 Å². The van der Waals surface area contributed by atoms with E-state index in [4.69, 9.17) is 4.74 Å². The van der Waals surface area contributed by atoms with Gasteiger partial charge in [-0.05, 0) is 67.6 Å². The Balaban J connectivity index is 1.47. The highest BCUT2D eigenvalue weighted by Crippen LogP contribution is 2.35. The smallest absolute Gasteiger partial charge is 0.508 e. The lowest BCUT2D eigenvalue weighted by atomic mass is 9.98. The highest BCUT2D eigenvalue weighted by molar-refractivity contribution is 5.96. The molecule has 1 unspecified atom stereocenters. The molecule has 0 radical (unpaired) electrons. The maximum Gasteiger partial charge on any atom is 0.573 e. The first-order chi connectivity index (χ1) is 16.6. The molecule has 2 aromatic rings. The molecule has 4 rings (SSSR count). The molecule has 2 aliphatic rings. The molecule has 35 heavy (non-hydrogen) atoms. The zero-order chi connectivity index (χ0) is 25.2. The number of halogens is 3. The number of phenolic OH excluding ortho intramolecular Hbond substituents is 1. The van der Waals surface area contributed by atoms with E-state index in [9.17, 15) is 23.1 Å². The van der Waals surface area contributed by atoms with Gasteiger partial charge in [-0.25, -0.2) is 0 Å². The standard InChI is InChI=1S/C25H30F3N3O4/c1-3-16-10-17(14-31-8-6-15(2)7-9-31)19(12-21(16)32)30-24(33)23-13-29-20-11-18(35-25(26,27)28)4-5-22(20)34-23/h4-5,10-12,15,23,29,32H,3,6-9,13-14H2,1-2H3,(H,30,33). The molecule has 0 aliphatic carbocycles. The molecule has 0 saturated carbocycles. The van der Waals surface area contributed by atoms with Gasteiger partial charge in [-0.1, -0.05) is 13.8 Å². The SMILES string of the molecule is CCc1cc(CN2CCC(C)CC2)c(NC(=O)C2CNc3cc(OC(F)(F)F)ccc3O2)cc1O. The summed E-state index contributed by atoms with van der Waals surface area (Å²) >= 11 is 0. The third-order valence-corrected chi connectivity index (χ3v) is 6.44. The number of ether oxygens (including phenoxy) is 2. The van der Waals surface area contributed by atoms with Crippen molar-refractivity contribution in [3.8, 4) is 17.2 Å². The molecular weight excluding hydrogens is 463 g/mol. The summed E-state index contributed by atoms with van der Waals surface area (Å²) < 4.78 is 47.1. The van der Waals surface area contributed by atoms with E-state index in [2.05, 4.69) is 27.2 Å². The number of rotatable bonds is 6. The zero-order valence-corrected chi connectivity index (χ0v) is 19.7. The lowest BCUT2D eigenvalue weighted by Crippen LogP contribution is -2.41. The summed E-state index contributed by atoms with van der Waals surface area (Å²) in [5.74, 6) is 0.266. The van der Waals surface area contributed by atoms with E-state index in [1.54, 1.807) is 6.07 Å². The van der Waals surface area contributed by atoms with Crippen LogP contribution < -0.4 is 20.1 Å². The number of likely N-dealkylation sites (tertiary alicyclic amines) is 1. The van der Waals surface area contributed by atoms with Gasteiger partial charge in [0.1, 0.15) is 17.2 Å². The molecule has 0 aromatic heterocycles. The molecule has 1 saturated heterocycles. The van der Waals surface area contributed by atoms with Gasteiger partial charge in [0.05, 0.1) is 12.2 Å². The number of hydrogen-bond donors (Lipinski definition) is 3. The van der Waals surface area contributed by atoms with Gasteiger partial charge < -0.3 is 25.2 Å². The Morgan fingerprint density at radius 2 is 1.97 bits per heavy atom. The minimum Gasteiger partial charge on any atom is -0.508 e. The second kappa shape index (κ2) is 10.2. The number of amides is 1. The summed E-state index contributed by atoms with van der Waals surface area (Å²) in [6.45, 7) is 6.88. The Bertz CT molecular complexity index is 1070. The Kier molecular flexibility index (Phi) is 7.30. The van der Waals surface area contributed by atoms with E-state index in [1.165, 1.54) is 12.1 Å². The van der Waals surface area contributed by atoms with Crippen LogP contribution in [0.5, 0.6) is 17.2 Å². The van der Waals surface area contributed by atoms with Crippen molar-refractivity contribution >= 4 is 17.3 Å². The normalized spacial score (nSPS) is 18.8. The van der Waals surface area contributed by atoms with Crippen LogP contribution in [-0.4, -0.2) is 48.0 Å². The first kappa shape index (κ1) is 25.0.